The van der Waals surface area contributed by atoms with Crippen molar-refractivity contribution in [3.8, 4) is 0 Å². The minimum Gasteiger partial charge on any atom is -0.383 e. The highest BCUT2D eigenvalue weighted by atomic mass is 32.1. The number of nitrogens with zero attached hydrogens (tertiary/aromatic N) is 2. The molecule has 0 unspecified atom stereocenters. The van der Waals surface area contributed by atoms with E-state index in [0.29, 0.717) is 6.61 Å². The quantitative estimate of drug-likeness (QED) is 0.606. The first-order valence-electron chi connectivity index (χ1n) is 5.61. The van der Waals surface area contributed by atoms with Crippen molar-refractivity contribution in [3.05, 3.63) is 30.1 Å². The van der Waals surface area contributed by atoms with Crippen LogP contribution in [0.4, 0.5) is 0 Å². The molecule has 0 spiro atoms. The van der Waals surface area contributed by atoms with E-state index in [-0.39, 0.29) is 0 Å². The minimum absolute atomic E-state index is 0.665. The van der Waals surface area contributed by atoms with E-state index in [1.54, 1.807) is 7.11 Å². The molecule has 1 aromatic heterocycles. The number of pyridine rings is 1. The normalized spacial score (nSPS) is 10.0. The maximum absolute atomic E-state index is 5.25. The van der Waals surface area contributed by atoms with E-state index in [0.717, 1.165) is 24.6 Å². The summed E-state index contributed by atoms with van der Waals surface area (Å²) in [5.74, 6) is 0. The van der Waals surface area contributed by atoms with Crippen LogP contribution in [0.3, 0.4) is 0 Å². The number of likely N-dealkylation sites (N-methyl/N-ethyl adjacent to an activating group) is 1. The molecular formula is C12H19N3OS. The van der Waals surface area contributed by atoms with Gasteiger partial charge in [0.1, 0.15) is 0 Å². The molecule has 1 N–H and O–H groups in total. The Morgan fingerprint density at radius 2 is 2.18 bits per heavy atom. The Morgan fingerprint density at radius 1 is 1.47 bits per heavy atom. The molecular weight excluding hydrogens is 234 g/mol. The number of hydrogen-bond acceptors (Lipinski definition) is 3. The number of methoxy groups -OCH3 is 1. The molecule has 0 aliphatic rings. The van der Waals surface area contributed by atoms with Gasteiger partial charge >= 0.3 is 0 Å². The van der Waals surface area contributed by atoms with Crippen LogP contribution in [0.1, 0.15) is 5.56 Å². The average Bonchev–Trinajstić information content (AvgIpc) is 2.37. The van der Waals surface area contributed by atoms with Gasteiger partial charge in [0.05, 0.1) is 6.61 Å². The summed E-state index contributed by atoms with van der Waals surface area (Å²) >= 11 is 5.25. The third kappa shape index (κ3) is 5.60. The van der Waals surface area contributed by atoms with Gasteiger partial charge < -0.3 is 15.0 Å². The molecule has 17 heavy (non-hydrogen) atoms. The van der Waals surface area contributed by atoms with Crippen LogP contribution in [0.5, 0.6) is 0 Å². The lowest BCUT2D eigenvalue weighted by Crippen LogP contribution is -2.39. The van der Waals surface area contributed by atoms with Crippen molar-refractivity contribution < 1.29 is 4.74 Å². The molecule has 0 fully saturated rings. The number of rotatable bonds is 6. The van der Waals surface area contributed by atoms with E-state index in [1.807, 2.05) is 36.5 Å². The largest absolute Gasteiger partial charge is 0.383 e. The van der Waals surface area contributed by atoms with Gasteiger partial charge in [0.15, 0.2) is 5.11 Å². The summed E-state index contributed by atoms with van der Waals surface area (Å²) in [4.78, 5) is 6.03. The molecule has 0 radical (unpaired) electrons. The van der Waals surface area contributed by atoms with E-state index in [9.17, 15) is 0 Å². The number of nitrogens with one attached hydrogen (secondary N) is 1. The summed E-state index contributed by atoms with van der Waals surface area (Å²) in [5.41, 5.74) is 1.27. The third-order valence-corrected chi connectivity index (χ3v) is 2.87. The third-order valence-electron chi connectivity index (χ3n) is 2.41. The van der Waals surface area contributed by atoms with Gasteiger partial charge in [-0.2, -0.15) is 0 Å². The van der Waals surface area contributed by atoms with Crippen molar-refractivity contribution in [3.63, 3.8) is 0 Å². The Balaban J connectivity index is 2.24. The summed E-state index contributed by atoms with van der Waals surface area (Å²) in [6, 6.07) is 4.05. The number of hydrogen-bond donors (Lipinski definition) is 1. The summed E-state index contributed by atoms with van der Waals surface area (Å²) in [6.07, 6.45) is 4.58. The van der Waals surface area contributed by atoms with Crippen LogP contribution in [0.25, 0.3) is 0 Å². The summed E-state index contributed by atoms with van der Waals surface area (Å²) < 4.78 is 4.95. The molecule has 0 saturated heterocycles. The molecule has 0 aliphatic heterocycles. The van der Waals surface area contributed by atoms with E-state index in [1.165, 1.54) is 5.56 Å². The van der Waals surface area contributed by atoms with E-state index in [4.69, 9.17) is 17.0 Å². The smallest absolute Gasteiger partial charge is 0.168 e. The molecule has 1 rings (SSSR count). The molecule has 94 valence electrons. The van der Waals surface area contributed by atoms with Gasteiger partial charge in [-0.3, -0.25) is 4.98 Å². The fraction of sp³-hybridized carbons (Fsp3) is 0.500. The first-order valence-corrected chi connectivity index (χ1v) is 6.01. The second kappa shape index (κ2) is 7.97. The molecule has 0 bridgehead atoms. The van der Waals surface area contributed by atoms with E-state index in [2.05, 4.69) is 10.3 Å². The van der Waals surface area contributed by atoms with Gasteiger partial charge in [-0.25, -0.2) is 0 Å². The molecule has 5 heteroatoms. The Kier molecular flexibility index (Phi) is 6.50. The standard InChI is InChI=1S/C12H19N3OS/c1-15(12(17)14-8-10-16-2)9-5-11-3-6-13-7-4-11/h3-4,6-7H,5,8-10H2,1-2H3,(H,14,17). The SMILES string of the molecule is COCCNC(=S)N(C)CCc1ccncc1. The second-order valence-corrected chi connectivity index (χ2v) is 4.14. The Labute approximate surface area is 108 Å². The van der Waals surface area contributed by atoms with Gasteiger partial charge in [-0.1, -0.05) is 0 Å². The summed E-state index contributed by atoms with van der Waals surface area (Å²) in [7, 11) is 3.67. The van der Waals surface area contributed by atoms with Crippen molar-refractivity contribution in [1.29, 1.82) is 0 Å². The zero-order chi connectivity index (χ0) is 12.5. The number of ether oxygens (including phenoxy) is 1. The zero-order valence-corrected chi connectivity index (χ0v) is 11.2. The monoisotopic (exact) mass is 253 g/mol. The molecule has 0 aliphatic carbocycles. The van der Waals surface area contributed by atoms with Gasteiger partial charge in [-0.05, 0) is 36.3 Å². The fourth-order valence-corrected chi connectivity index (χ4v) is 1.54. The number of thiocarbonyl (C=S) groups is 1. The van der Waals surface area contributed by atoms with Crippen LogP contribution in [-0.2, 0) is 11.2 Å². The van der Waals surface area contributed by atoms with Crippen LogP contribution >= 0.6 is 12.2 Å². The minimum atomic E-state index is 0.665. The summed E-state index contributed by atoms with van der Waals surface area (Å²) in [5, 5.41) is 3.90. The predicted octanol–water partition coefficient (Wildman–Crippen LogP) is 1.08. The van der Waals surface area contributed by atoms with Crippen LogP contribution in [0, 0.1) is 0 Å². The maximum Gasteiger partial charge on any atom is 0.168 e. The van der Waals surface area contributed by atoms with Gasteiger partial charge in [0.25, 0.3) is 0 Å². The lowest BCUT2D eigenvalue weighted by molar-refractivity contribution is 0.203. The van der Waals surface area contributed by atoms with Crippen molar-refractivity contribution >= 4 is 17.3 Å². The lowest BCUT2D eigenvalue weighted by Gasteiger charge is -2.20. The first kappa shape index (κ1) is 13.9. The highest BCUT2D eigenvalue weighted by Gasteiger charge is 2.03. The van der Waals surface area contributed by atoms with Crippen molar-refractivity contribution in [2.45, 2.75) is 6.42 Å². The molecule has 0 saturated carbocycles. The van der Waals surface area contributed by atoms with Crippen molar-refractivity contribution in [2.24, 2.45) is 0 Å². The Hall–Kier alpha value is -1.20. The van der Waals surface area contributed by atoms with Gasteiger partial charge in [0, 0.05) is 39.6 Å². The van der Waals surface area contributed by atoms with Crippen LogP contribution in [0.15, 0.2) is 24.5 Å². The van der Waals surface area contributed by atoms with Crippen LogP contribution in [-0.4, -0.2) is 48.9 Å². The molecule has 0 amide bonds. The Bertz CT molecular complexity index is 332. The van der Waals surface area contributed by atoms with E-state index < -0.39 is 0 Å². The molecule has 1 aromatic rings. The lowest BCUT2D eigenvalue weighted by atomic mass is 10.2. The zero-order valence-electron chi connectivity index (χ0n) is 10.3. The van der Waals surface area contributed by atoms with Crippen LogP contribution in [0.2, 0.25) is 0 Å². The van der Waals surface area contributed by atoms with E-state index >= 15 is 0 Å². The van der Waals surface area contributed by atoms with Crippen LogP contribution < -0.4 is 5.32 Å². The average molecular weight is 253 g/mol. The molecule has 4 nitrogen and oxygen atoms in total. The van der Waals surface area contributed by atoms with Gasteiger partial charge in [-0.15, -0.1) is 0 Å². The molecule has 0 atom stereocenters. The highest BCUT2D eigenvalue weighted by molar-refractivity contribution is 7.80. The second-order valence-electron chi connectivity index (χ2n) is 3.75. The van der Waals surface area contributed by atoms with Crippen molar-refractivity contribution in [2.75, 3.05) is 33.9 Å². The fourth-order valence-electron chi connectivity index (χ4n) is 1.34. The topological polar surface area (TPSA) is 37.4 Å². The number of aromatic nitrogens is 1. The van der Waals surface area contributed by atoms with Crippen molar-refractivity contribution in [1.82, 2.24) is 15.2 Å². The summed E-state index contributed by atoms with van der Waals surface area (Å²) in [6.45, 7) is 2.30. The molecule has 1 heterocycles. The highest BCUT2D eigenvalue weighted by Crippen LogP contribution is 1.99. The predicted molar refractivity (Wildman–Crippen MR) is 73.0 cm³/mol. The van der Waals surface area contributed by atoms with Gasteiger partial charge in [0.2, 0.25) is 0 Å². The Morgan fingerprint density at radius 3 is 2.82 bits per heavy atom. The first-order chi connectivity index (χ1) is 8.24. The maximum atomic E-state index is 5.25. The molecule has 0 aromatic carbocycles.